The molecule has 0 aliphatic rings. The van der Waals surface area contributed by atoms with Gasteiger partial charge in [-0.2, -0.15) is 0 Å². The third-order valence-corrected chi connectivity index (χ3v) is 2.59. The van der Waals surface area contributed by atoms with Crippen molar-refractivity contribution in [1.29, 1.82) is 0 Å². The van der Waals surface area contributed by atoms with Gasteiger partial charge in [0.25, 0.3) is 0 Å². The van der Waals surface area contributed by atoms with Crippen LogP contribution in [-0.4, -0.2) is 22.4 Å². The number of carbonyl (C=O) groups is 1. The molecule has 2 aromatic rings. The van der Waals surface area contributed by atoms with Crippen LogP contribution in [-0.2, 0) is 11.2 Å². The summed E-state index contributed by atoms with van der Waals surface area (Å²) in [6.07, 6.45) is -4.10. The number of benzene rings is 1. The summed E-state index contributed by atoms with van der Waals surface area (Å²) in [4.78, 5) is 14.3. The van der Waals surface area contributed by atoms with Crippen LogP contribution in [0.4, 0.5) is 17.6 Å². The number of alkyl halides is 3. The summed E-state index contributed by atoms with van der Waals surface area (Å²) < 4.78 is 54.2. The fraction of sp³-hybridized carbons (Fsp3) is 0.143. The summed E-state index contributed by atoms with van der Waals surface area (Å²) in [6, 6.07) is 5.69. The van der Waals surface area contributed by atoms with Gasteiger partial charge in [0, 0.05) is 11.8 Å². The number of pyridine rings is 1. The van der Waals surface area contributed by atoms with Crippen molar-refractivity contribution in [3.8, 4) is 17.0 Å². The average molecular weight is 315 g/mol. The third-order valence-electron chi connectivity index (χ3n) is 2.59. The second kappa shape index (κ2) is 6.00. The Morgan fingerprint density at radius 3 is 2.59 bits per heavy atom. The summed E-state index contributed by atoms with van der Waals surface area (Å²) in [7, 11) is 0. The Kier molecular flexibility index (Phi) is 4.30. The normalized spacial score (nSPS) is 11.3. The van der Waals surface area contributed by atoms with Crippen LogP contribution in [0.25, 0.3) is 11.3 Å². The molecule has 4 nitrogen and oxygen atoms in total. The second-order valence-electron chi connectivity index (χ2n) is 4.32. The van der Waals surface area contributed by atoms with Crippen molar-refractivity contribution in [2.45, 2.75) is 12.8 Å². The van der Waals surface area contributed by atoms with E-state index >= 15 is 0 Å². The highest BCUT2D eigenvalue weighted by Crippen LogP contribution is 2.28. The first-order chi connectivity index (χ1) is 10.2. The molecule has 22 heavy (non-hydrogen) atoms. The van der Waals surface area contributed by atoms with E-state index in [-0.39, 0.29) is 16.8 Å². The van der Waals surface area contributed by atoms with E-state index in [0.717, 1.165) is 24.4 Å². The van der Waals surface area contributed by atoms with E-state index in [0.29, 0.717) is 0 Å². The smallest absolute Gasteiger partial charge is 0.481 e. The molecule has 0 radical (unpaired) electrons. The first-order valence-electron chi connectivity index (χ1n) is 5.97. The molecule has 0 unspecified atom stereocenters. The largest absolute Gasteiger partial charge is 0.573 e. The van der Waals surface area contributed by atoms with Gasteiger partial charge < -0.3 is 9.84 Å². The van der Waals surface area contributed by atoms with Gasteiger partial charge in [0.2, 0.25) is 0 Å². The molecular formula is C14H9F4NO3. The van der Waals surface area contributed by atoms with Crippen LogP contribution in [0.2, 0.25) is 0 Å². The number of aromatic nitrogens is 1. The van der Waals surface area contributed by atoms with Gasteiger partial charge in [-0.3, -0.25) is 9.78 Å². The van der Waals surface area contributed by atoms with Crippen LogP contribution < -0.4 is 4.74 Å². The van der Waals surface area contributed by atoms with E-state index in [2.05, 4.69) is 9.72 Å². The zero-order valence-corrected chi connectivity index (χ0v) is 10.9. The Hall–Kier alpha value is -2.64. The molecule has 0 amide bonds. The SMILES string of the molecule is O=C(O)Cc1cnc(-c2cccc(OC(F)(F)F)c2)c(F)c1. The molecule has 0 fully saturated rings. The van der Waals surface area contributed by atoms with Crippen molar-refractivity contribution in [2.75, 3.05) is 0 Å². The molecule has 8 heteroatoms. The Labute approximate surface area is 122 Å². The molecule has 0 aliphatic heterocycles. The summed E-state index contributed by atoms with van der Waals surface area (Å²) in [5, 5.41) is 8.62. The minimum absolute atomic E-state index is 0.0844. The lowest BCUT2D eigenvalue weighted by Crippen LogP contribution is -2.17. The van der Waals surface area contributed by atoms with Gasteiger partial charge in [0.1, 0.15) is 17.3 Å². The Bertz CT molecular complexity index is 701. The van der Waals surface area contributed by atoms with E-state index in [1.165, 1.54) is 12.1 Å². The zero-order valence-electron chi connectivity index (χ0n) is 10.9. The molecule has 0 atom stereocenters. The fourth-order valence-corrected chi connectivity index (χ4v) is 1.80. The van der Waals surface area contributed by atoms with Gasteiger partial charge in [-0.05, 0) is 23.8 Å². The molecule has 0 spiro atoms. The van der Waals surface area contributed by atoms with Gasteiger partial charge >= 0.3 is 12.3 Å². The maximum atomic E-state index is 13.9. The predicted molar refractivity (Wildman–Crippen MR) is 67.7 cm³/mol. The molecular weight excluding hydrogens is 306 g/mol. The first-order valence-corrected chi connectivity index (χ1v) is 5.97. The molecule has 1 aromatic heterocycles. The number of hydrogen-bond acceptors (Lipinski definition) is 3. The molecule has 1 N–H and O–H groups in total. The topological polar surface area (TPSA) is 59.4 Å². The average Bonchev–Trinajstić information content (AvgIpc) is 2.36. The molecule has 0 saturated heterocycles. The number of hydrogen-bond donors (Lipinski definition) is 1. The molecule has 116 valence electrons. The second-order valence-corrected chi connectivity index (χ2v) is 4.32. The molecule has 0 saturated carbocycles. The molecule has 0 aliphatic carbocycles. The van der Waals surface area contributed by atoms with E-state index in [4.69, 9.17) is 5.11 Å². The minimum atomic E-state index is -4.85. The number of rotatable bonds is 4. The van der Waals surface area contributed by atoms with Crippen molar-refractivity contribution >= 4 is 5.97 Å². The lowest BCUT2D eigenvalue weighted by atomic mass is 10.1. The number of ether oxygens (including phenoxy) is 1. The molecule has 1 heterocycles. The van der Waals surface area contributed by atoms with E-state index < -0.39 is 30.3 Å². The van der Waals surface area contributed by atoms with Gasteiger partial charge in [0.15, 0.2) is 0 Å². The third kappa shape index (κ3) is 4.18. The quantitative estimate of drug-likeness (QED) is 0.878. The van der Waals surface area contributed by atoms with Crippen LogP contribution >= 0.6 is 0 Å². The monoisotopic (exact) mass is 315 g/mol. The Morgan fingerprint density at radius 2 is 2.00 bits per heavy atom. The van der Waals surface area contributed by atoms with Crippen molar-refractivity contribution in [3.05, 3.63) is 47.9 Å². The number of aliphatic carboxylic acids is 1. The number of nitrogens with zero attached hydrogens (tertiary/aromatic N) is 1. The van der Waals surface area contributed by atoms with Crippen LogP contribution in [0.1, 0.15) is 5.56 Å². The number of carboxylic acid groups (broad SMARTS) is 1. The molecule has 1 aromatic carbocycles. The maximum Gasteiger partial charge on any atom is 0.573 e. The van der Waals surface area contributed by atoms with Crippen LogP contribution in [0.15, 0.2) is 36.5 Å². The van der Waals surface area contributed by atoms with E-state index in [1.807, 2.05) is 0 Å². The Morgan fingerprint density at radius 1 is 1.27 bits per heavy atom. The van der Waals surface area contributed by atoms with Crippen molar-refractivity contribution in [3.63, 3.8) is 0 Å². The van der Waals surface area contributed by atoms with Crippen LogP contribution in [0, 0.1) is 5.82 Å². The van der Waals surface area contributed by atoms with Gasteiger partial charge in [0.05, 0.1) is 6.42 Å². The maximum absolute atomic E-state index is 13.9. The number of carboxylic acids is 1. The minimum Gasteiger partial charge on any atom is -0.481 e. The first kappa shape index (κ1) is 15.7. The standard InChI is InChI=1S/C14H9F4NO3/c15-11-4-8(5-12(20)21)7-19-13(11)9-2-1-3-10(6-9)22-14(16,17)18/h1-4,6-7H,5H2,(H,20,21). The van der Waals surface area contributed by atoms with Crippen LogP contribution in [0.3, 0.4) is 0 Å². The van der Waals surface area contributed by atoms with Gasteiger partial charge in [-0.1, -0.05) is 12.1 Å². The molecule has 2 rings (SSSR count). The summed E-state index contributed by atoms with van der Waals surface area (Å²) >= 11 is 0. The van der Waals surface area contributed by atoms with E-state index in [1.54, 1.807) is 0 Å². The lowest BCUT2D eigenvalue weighted by molar-refractivity contribution is -0.274. The summed E-state index contributed by atoms with van der Waals surface area (Å²) in [5.41, 5.74) is 0.0411. The van der Waals surface area contributed by atoms with E-state index in [9.17, 15) is 22.4 Å². The highest BCUT2D eigenvalue weighted by molar-refractivity contribution is 5.70. The van der Waals surface area contributed by atoms with Crippen LogP contribution in [0.5, 0.6) is 5.75 Å². The van der Waals surface area contributed by atoms with Gasteiger partial charge in [-0.15, -0.1) is 13.2 Å². The predicted octanol–water partition coefficient (Wildman–Crippen LogP) is 3.41. The van der Waals surface area contributed by atoms with Crippen molar-refractivity contribution < 1.29 is 32.2 Å². The van der Waals surface area contributed by atoms with Crippen molar-refractivity contribution in [1.82, 2.24) is 4.98 Å². The summed E-state index contributed by atoms with van der Waals surface area (Å²) in [5.74, 6) is -2.47. The number of halogens is 4. The van der Waals surface area contributed by atoms with Crippen molar-refractivity contribution in [2.24, 2.45) is 0 Å². The van der Waals surface area contributed by atoms with Gasteiger partial charge in [-0.25, -0.2) is 4.39 Å². The summed E-state index contributed by atoms with van der Waals surface area (Å²) in [6.45, 7) is 0. The highest BCUT2D eigenvalue weighted by atomic mass is 19.4. The molecule has 0 bridgehead atoms. The fourth-order valence-electron chi connectivity index (χ4n) is 1.80. The zero-order chi connectivity index (χ0) is 16.3. The Balaban J connectivity index is 2.32. The lowest BCUT2D eigenvalue weighted by Gasteiger charge is -2.10. The highest BCUT2D eigenvalue weighted by Gasteiger charge is 2.31.